The highest BCUT2D eigenvalue weighted by Gasteiger charge is 2.28. The summed E-state index contributed by atoms with van der Waals surface area (Å²) >= 11 is 0. The molecule has 1 aromatic heterocycles. The normalized spacial score (nSPS) is 17.4. The lowest BCUT2D eigenvalue weighted by Crippen LogP contribution is -2.23. The lowest BCUT2D eigenvalue weighted by molar-refractivity contribution is -0.148. The fourth-order valence-corrected chi connectivity index (χ4v) is 2.22. The van der Waals surface area contributed by atoms with E-state index >= 15 is 0 Å². The molecule has 1 unspecified atom stereocenters. The Balaban J connectivity index is 1.71. The fourth-order valence-electron chi connectivity index (χ4n) is 2.22. The van der Waals surface area contributed by atoms with Crippen LogP contribution in [-0.2, 0) is 16.1 Å². The van der Waals surface area contributed by atoms with Crippen molar-refractivity contribution in [3.8, 4) is 5.75 Å². The smallest absolute Gasteiger partial charge is 0.314 e. The van der Waals surface area contributed by atoms with Crippen molar-refractivity contribution in [1.29, 1.82) is 0 Å². The standard InChI is InChI=1S/C15H14O4/c16-15(19-10-11-4-3-8-17-11)13-7-9-18-14-6-2-1-5-12(13)14/h1-6,8,13H,7,9-10H2. The highest BCUT2D eigenvalue weighted by molar-refractivity contribution is 5.79. The number of benzene rings is 1. The number of para-hydroxylation sites is 1. The first-order valence-corrected chi connectivity index (χ1v) is 6.25. The van der Waals surface area contributed by atoms with Gasteiger partial charge in [-0.05, 0) is 24.6 Å². The quantitative estimate of drug-likeness (QED) is 0.794. The summed E-state index contributed by atoms with van der Waals surface area (Å²) in [7, 11) is 0. The number of fused-ring (bicyclic) bond motifs is 1. The van der Waals surface area contributed by atoms with E-state index in [1.165, 1.54) is 0 Å². The van der Waals surface area contributed by atoms with Crippen molar-refractivity contribution in [3.05, 3.63) is 54.0 Å². The zero-order valence-electron chi connectivity index (χ0n) is 10.4. The number of ether oxygens (including phenoxy) is 2. The molecule has 1 atom stereocenters. The van der Waals surface area contributed by atoms with Crippen molar-refractivity contribution in [2.45, 2.75) is 18.9 Å². The molecule has 0 saturated carbocycles. The van der Waals surface area contributed by atoms with E-state index in [2.05, 4.69) is 0 Å². The van der Waals surface area contributed by atoms with E-state index in [1.54, 1.807) is 18.4 Å². The lowest BCUT2D eigenvalue weighted by atomic mass is 9.93. The maximum atomic E-state index is 12.1. The number of esters is 1. The van der Waals surface area contributed by atoms with Gasteiger partial charge in [0.25, 0.3) is 0 Å². The molecule has 0 fully saturated rings. The van der Waals surface area contributed by atoms with Gasteiger partial charge in [0.05, 0.1) is 18.8 Å². The van der Waals surface area contributed by atoms with Gasteiger partial charge in [-0.15, -0.1) is 0 Å². The first-order chi connectivity index (χ1) is 9.34. The molecule has 4 nitrogen and oxygen atoms in total. The zero-order chi connectivity index (χ0) is 13.1. The molecule has 4 heteroatoms. The van der Waals surface area contributed by atoms with Gasteiger partial charge in [-0.3, -0.25) is 4.79 Å². The predicted molar refractivity (Wildman–Crippen MR) is 67.8 cm³/mol. The molecule has 3 rings (SSSR count). The van der Waals surface area contributed by atoms with E-state index in [4.69, 9.17) is 13.9 Å². The molecule has 19 heavy (non-hydrogen) atoms. The maximum Gasteiger partial charge on any atom is 0.314 e. The van der Waals surface area contributed by atoms with E-state index in [-0.39, 0.29) is 18.5 Å². The van der Waals surface area contributed by atoms with E-state index in [0.29, 0.717) is 18.8 Å². The Bertz CT molecular complexity index is 559. The van der Waals surface area contributed by atoms with Gasteiger partial charge in [0, 0.05) is 5.56 Å². The van der Waals surface area contributed by atoms with Crippen LogP contribution in [0.4, 0.5) is 0 Å². The third-order valence-electron chi connectivity index (χ3n) is 3.18. The number of furan rings is 1. The van der Waals surface area contributed by atoms with Crippen LogP contribution < -0.4 is 4.74 Å². The number of hydrogen-bond donors (Lipinski definition) is 0. The van der Waals surface area contributed by atoms with Crippen molar-refractivity contribution in [2.24, 2.45) is 0 Å². The van der Waals surface area contributed by atoms with Crippen LogP contribution in [0.3, 0.4) is 0 Å². The van der Waals surface area contributed by atoms with Crippen molar-refractivity contribution >= 4 is 5.97 Å². The van der Waals surface area contributed by atoms with Crippen LogP contribution in [-0.4, -0.2) is 12.6 Å². The van der Waals surface area contributed by atoms with Crippen LogP contribution in [0.1, 0.15) is 23.7 Å². The van der Waals surface area contributed by atoms with Crippen LogP contribution in [0.25, 0.3) is 0 Å². The van der Waals surface area contributed by atoms with Gasteiger partial charge in [-0.2, -0.15) is 0 Å². The first-order valence-electron chi connectivity index (χ1n) is 6.25. The predicted octanol–water partition coefficient (Wildman–Crippen LogP) is 2.89. The fraction of sp³-hybridized carbons (Fsp3) is 0.267. The number of carbonyl (C=O) groups is 1. The van der Waals surface area contributed by atoms with E-state index in [0.717, 1.165) is 11.3 Å². The van der Waals surface area contributed by atoms with E-state index in [1.807, 2.05) is 24.3 Å². The van der Waals surface area contributed by atoms with Crippen LogP contribution >= 0.6 is 0 Å². The van der Waals surface area contributed by atoms with Crippen molar-refractivity contribution < 1.29 is 18.7 Å². The Morgan fingerprint density at radius 3 is 3.00 bits per heavy atom. The van der Waals surface area contributed by atoms with Crippen LogP contribution in [0.5, 0.6) is 5.75 Å². The summed E-state index contributed by atoms with van der Waals surface area (Å²) in [5.74, 6) is 0.939. The third kappa shape index (κ3) is 2.47. The number of rotatable bonds is 3. The molecule has 1 aromatic carbocycles. The summed E-state index contributed by atoms with van der Waals surface area (Å²) in [5, 5.41) is 0. The largest absolute Gasteiger partial charge is 0.493 e. The minimum absolute atomic E-state index is 0.172. The minimum Gasteiger partial charge on any atom is -0.493 e. The van der Waals surface area contributed by atoms with Crippen molar-refractivity contribution in [1.82, 2.24) is 0 Å². The molecule has 98 valence electrons. The number of hydrogen-bond acceptors (Lipinski definition) is 4. The molecule has 2 heterocycles. The summed E-state index contributed by atoms with van der Waals surface area (Å²) in [6, 6.07) is 11.1. The van der Waals surface area contributed by atoms with Gasteiger partial charge in [0.2, 0.25) is 0 Å². The molecular weight excluding hydrogens is 244 g/mol. The zero-order valence-corrected chi connectivity index (χ0v) is 10.4. The molecule has 0 radical (unpaired) electrons. The molecule has 0 aliphatic carbocycles. The van der Waals surface area contributed by atoms with Gasteiger partial charge < -0.3 is 13.9 Å². The molecule has 2 aromatic rings. The Morgan fingerprint density at radius 1 is 1.26 bits per heavy atom. The first kappa shape index (κ1) is 11.8. The third-order valence-corrected chi connectivity index (χ3v) is 3.18. The second kappa shape index (κ2) is 5.18. The highest BCUT2D eigenvalue weighted by atomic mass is 16.5. The van der Waals surface area contributed by atoms with Gasteiger partial charge in [-0.1, -0.05) is 18.2 Å². The molecule has 0 spiro atoms. The van der Waals surface area contributed by atoms with Gasteiger partial charge in [-0.25, -0.2) is 0 Å². The molecule has 1 aliphatic heterocycles. The van der Waals surface area contributed by atoms with E-state index < -0.39 is 0 Å². The second-order valence-electron chi connectivity index (χ2n) is 4.41. The van der Waals surface area contributed by atoms with Crippen LogP contribution in [0.2, 0.25) is 0 Å². The summed E-state index contributed by atoms with van der Waals surface area (Å²) < 4.78 is 16.0. The van der Waals surface area contributed by atoms with Crippen molar-refractivity contribution in [2.75, 3.05) is 6.61 Å². The summed E-state index contributed by atoms with van der Waals surface area (Å²) in [5.41, 5.74) is 0.901. The topological polar surface area (TPSA) is 48.7 Å². The summed E-state index contributed by atoms with van der Waals surface area (Å²) in [6.45, 7) is 0.711. The van der Waals surface area contributed by atoms with Crippen LogP contribution in [0, 0.1) is 0 Å². The molecule has 0 N–H and O–H groups in total. The molecule has 0 bridgehead atoms. The second-order valence-corrected chi connectivity index (χ2v) is 4.41. The molecule has 0 amide bonds. The lowest BCUT2D eigenvalue weighted by Gasteiger charge is -2.24. The maximum absolute atomic E-state index is 12.1. The van der Waals surface area contributed by atoms with Crippen molar-refractivity contribution in [3.63, 3.8) is 0 Å². The van der Waals surface area contributed by atoms with Gasteiger partial charge >= 0.3 is 5.97 Å². The molecule has 1 aliphatic rings. The monoisotopic (exact) mass is 258 g/mol. The Kier molecular flexibility index (Phi) is 3.23. The molecule has 0 saturated heterocycles. The van der Waals surface area contributed by atoms with Gasteiger partial charge in [0.1, 0.15) is 18.1 Å². The number of carbonyl (C=O) groups excluding carboxylic acids is 1. The SMILES string of the molecule is O=C(OCc1ccco1)C1CCOc2ccccc21. The van der Waals surface area contributed by atoms with Crippen LogP contribution in [0.15, 0.2) is 47.1 Å². The Morgan fingerprint density at radius 2 is 2.16 bits per heavy atom. The average Bonchev–Trinajstić information content (AvgIpc) is 2.97. The summed E-state index contributed by atoms with van der Waals surface area (Å²) in [6.07, 6.45) is 2.21. The Hall–Kier alpha value is -2.23. The minimum atomic E-state index is -0.250. The summed E-state index contributed by atoms with van der Waals surface area (Å²) in [4.78, 5) is 12.1. The highest BCUT2D eigenvalue weighted by Crippen LogP contribution is 2.34. The van der Waals surface area contributed by atoms with Gasteiger partial charge in [0.15, 0.2) is 0 Å². The average molecular weight is 258 g/mol. The molecular formula is C15H14O4. The Labute approximate surface area is 110 Å². The van der Waals surface area contributed by atoms with E-state index in [9.17, 15) is 4.79 Å².